The molecule has 0 unspecified atom stereocenters. The smallest absolute Gasteiger partial charge is 0.224 e. The van der Waals surface area contributed by atoms with Crippen molar-refractivity contribution >= 4 is 29.9 Å². The number of hydrogen-bond acceptors (Lipinski definition) is 6. The number of phenolic OH excluding ortho intramolecular Hbond substituents is 1. The van der Waals surface area contributed by atoms with Gasteiger partial charge < -0.3 is 19.4 Å². The molecule has 2 aromatic rings. The van der Waals surface area contributed by atoms with E-state index < -0.39 is 0 Å². The fourth-order valence-electron chi connectivity index (χ4n) is 3.76. The van der Waals surface area contributed by atoms with E-state index in [0.29, 0.717) is 18.8 Å². The highest BCUT2D eigenvalue weighted by atomic mass is 32.2. The molecule has 6 nitrogen and oxygen atoms in total. The fourth-order valence-corrected chi connectivity index (χ4v) is 4.28. The van der Waals surface area contributed by atoms with E-state index in [-0.39, 0.29) is 16.7 Å². The number of aryl methyl sites for hydroxylation is 1. The monoisotopic (exact) mass is 484 g/mol. The minimum absolute atomic E-state index is 0.0653. The van der Waals surface area contributed by atoms with E-state index in [1.165, 1.54) is 12.0 Å². The molecular formula is C27H36N2O4S. The van der Waals surface area contributed by atoms with Crippen LogP contribution >= 0.6 is 12.0 Å². The molecule has 2 aromatic carbocycles. The van der Waals surface area contributed by atoms with Gasteiger partial charge in [0, 0.05) is 29.4 Å². The highest BCUT2D eigenvalue weighted by molar-refractivity contribution is 7.94. The van der Waals surface area contributed by atoms with Gasteiger partial charge >= 0.3 is 0 Å². The van der Waals surface area contributed by atoms with Crippen LogP contribution in [-0.4, -0.2) is 23.8 Å². The normalized spacial score (nSPS) is 14.1. The third-order valence-corrected chi connectivity index (χ3v) is 6.26. The van der Waals surface area contributed by atoms with E-state index >= 15 is 0 Å². The van der Waals surface area contributed by atoms with Gasteiger partial charge in [0.1, 0.15) is 23.5 Å². The Kier molecular flexibility index (Phi) is 8.18. The predicted octanol–water partition coefficient (Wildman–Crippen LogP) is 6.74. The molecule has 2 N–H and O–H groups in total. The van der Waals surface area contributed by atoms with Crippen LogP contribution in [0.5, 0.6) is 11.5 Å². The largest absolute Gasteiger partial charge is 0.507 e. The molecule has 0 spiro atoms. The van der Waals surface area contributed by atoms with Crippen molar-refractivity contribution in [3.63, 3.8) is 0 Å². The molecule has 3 rings (SSSR count). The number of nitrogens with one attached hydrogen (secondary N) is 1. The maximum Gasteiger partial charge on any atom is 0.224 e. The number of amides is 1. The van der Waals surface area contributed by atoms with Gasteiger partial charge in [0.15, 0.2) is 0 Å². The minimum Gasteiger partial charge on any atom is -0.507 e. The molecular weight excluding hydrogens is 448 g/mol. The Labute approximate surface area is 207 Å². The summed E-state index contributed by atoms with van der Waals surface area (Å²) in [5.74, 6) is 1.24. The summed E-state index contributed by atoms with van der Waals surface area (Å²) in [6.45, 7) is 13.1. The average Bonchev–Trinajstić information content (AvgIpc) is 2.74. The van der Waals surface area contributed by atoms with Gasteiger partial charge in [-0.1, -0.05) is 46.7 Å². The second kappa shape index (κ2) is 10.7. The molecule has 184 valence electrons. The van der Waals surface area contributed by atoms with Crippen molar-refractivity contribution in [1.82, 2.24) is 0 Å². The molecule has 0 saturated heterocycles. The van der Waals surface area contributed by atoms with Crippen LogP contribution < -0.4 is 10.1 Å². The number of nitrogens with zero attached hydrogens (tertiary/aromatic N) is 1. The molecule has 34 heavy (non-hydrogen) atoms. The van der Waals surface area contributed by atoms with Crippen LogP contribution in [0.2, 0.25) is 0 Å². The van der Waals surface area contributed by atoms with Gasteiger partial charge in [-0.05, 0) is 66.0 Å². The summed E-state index contributed by atoms with van der Waals surface area (Å²) in [4.78, 5) is 12.4. The van der Waals surface area contributed by atoms with E-state index in [2.05, 4.69) is 52.0 Å². The van der Waals surface area contributed by atoms with Crippen molar-refractivity contribution in [2.24, 2.45) is 5.16 Å². The number of aromatic hydroxyl groups is 1. The Morgan fingerprint density at radius 3 is 2.38 bits per heavy atom. The topological polar surface area (TPSA) is 80.2 Å². The molecule has 1 heterocycles. The number of hydrogen-bond donors (Lipinski definition) is 2. The van der Waals surface area contributed by atoms with Crippen LogP contribution in [0.25, 0.3) is 0 Å². The van der Waals surface area contributed by atoms with Crippen molar-refractivity contribution in [3.8, 4) is 11.5 Å². The molecule has 0 bridgehead atoms. The predicted molar refractivity (Wildman–Crippen MR) is 139 cm³/mol. The summed E-state index contributed by atoms with van der Waals surface area (Å²) >= 11 is 1.19. The van der Waals surface area contributed by atoms with Crippen LogP contribution in [0.4, 0.5) is 5.69 Å². The highest BCUT2D eigenvalue weighted by Crippen LogP contribution is 2.41. The molecule has 1 aliphatic heterocycles. The minimum atomic E-state index is -0.185. The quantitative estimate of drug-likeness (QED) is 0.188. The lowest BCUT2D eigenvalue weighted by Crippen LogP contribution is -2.18. The zero-order valence-corrected chi connectivity index (χ0v) is 21.8. The van der Waals surface area contributed by atoms with Crippen LogP contribution in [0.1, 0.15) is 77.5 Å². The van der Waals surface area contributed by atoms with E-state index in [1.807, 2.05) is 30.3 Å². The molecule has 0 atom stereocenters. The maximum atomic E-state index is 11.5. The van der Waals surface area contributed by atoms with E-state index in [9.17, 15) is 9.90 Å². The van der Waals surface area contributed by atoms with Crippen LogP contribution in [-0.2, 0) is 26.3 Å². The number of oxime groups is 1. The molecule has 1 amide bonds. The molecule has 7 heteroatoms. The highest BCUT2D eigenvalue weighted by Gasteiger charge is 2.27. The summed E-state index contributed by atoms with van der Waals surface area (Å²) < 4.78 is 11.3. The second-order valence-corrected chi connectivity index (χ2v) is 11.5. The van der Waals surface area contributed by atoms with Crippen molar-refractivity contribution < 1.29 is 18.9 Å². The summed E-state index contributed by atoms with van der Waals surface area (Å²) in [7, 11) is 0. The Balaban J connectivity index is 1.46. The van der Waals surface area contributed by atoms with Gasteiger partial charge in [0.05, 0.1) is 11.5 Å². The van der Waals surface area contributed by atoms with E-state index in [1.54, 1.807) is 6.21 Å². The third kappa shape index (κ3) is 6.92. The Morgan fingerprint density at radius 2 is 1.74 bits per heavy atom. The fraction of sp³-hybridized carbons (Fsp3) is 0.481. The molecule has 0 saturated carbocycles. The van der Waals surface area contributed by atoms with Crippen molar-refractivity contribution in [1.29, 1.82) is 0 Å². The summed E-state index contributed by atoms with van der Waals surface area (Å²) in [5, 5.41) is 17.8. The number of unbranched alkanes of at least 4 members (excludes halogenated alkanes) is 1. The van der Waals surface area contributed by atoms with E-state index in [4.69, 9.17) is 9.02 Å². The lowest BCUT2D eigenvalue weighted by molar-refractivity contribution is -0.116. The number of carbonyl (C=O) groups is 1. The first-order valence-electron chi connectivity index (χ1n) is 11.7. The standard InChI is InChI=1S/C27H36N2O4S/c1-26(2,3)21-16-20(17-22(25(21)31)27(4,5)6)34-33-28-13-7-8-14-32-19-10-11-23-18(15-19)9-12-24(30)29-23/h10-11,13,15-17,31H,7-9,12,14H2,1-6H3,(H,29,30). The lowest BCUT2D eigenvalue weighted by Gasteiger charge is -2.27. The SMILES string of the molecule is CC(C)(C)c1cc(SON=CCCCOc2ccc3c(c2)CCC(=O)N3)cc(C(C)(C)C)c1O. The van der Waals surface area contributed by atoms with Gasteiger partial charge in [-0.2, -0.15) is 0 Å². The van der Waals surface area contributed by atoms with E-state index in [0.717, 1.165) is 52.3 Å². The van der Waals surface area contributed by atoms with Gasteiger partial charge in [-0.3, -0.25) is 4.79 Å². The summed E-state index contributed by atoms with van der Waals surface area (Å²) in [5.41, 5.74) is 3.42. The van der Waals surface area contributed by atoms with Gasteiger partial charge in [-0.15, -0.1) is 0 Å². The van der Waals surface area contributed by atoms with Crippen molar-refractivity contribution in [2.75, 3.05) is 11.9 Å². The molecule has 0 radical (unpaired) electrons. The van der Waals surface area contributed by atoms with Gasteiger partial charge in [0.2, 0.25) is 5.91 Å². The molecule has 0 aromatic heterocycles. The van der Waals surface area contributed by atoms with Gasteiger partial charge in [0.25, 0.3) is 0 Å². The van der Waals surface area contributed by atoms with Gasteiger partial charge in [-0.25, -0.2) is 0 Å². The first-order chi connectivity index (χ1) is 15.9. The summed E-state index contributed by atoms with van der Waals surface area (Å²) in [6, 6.07) is 9.73. The molecule has 0 aliphatic carbocycles. The zero-order chi connectivity index (χ0) is 24.9. The number of ether oxygens (including phenoxy) is 1. The first kappa shape index (κ1) is 25.9. The number of anilines is 1. The first-order valence-corrected chi connectivity index (χ1v) is 12.5. The Morgan fingerprint density at radius 1 is 1.06 bits per heavy atom. The summed E-state index contributed by atoms with van der Waals surface area (Å²) in [6.07, 6.45) is 4.55. The molecule has 0 fully saturated rings. The Hall–Kier alpha value is -2.67. The number of rotatable bonds is 8. The molecule has 1 aliphatic rings. The Bertz CT molecular complexity index is 1020. The second-order valence-electron chi connectivity index (χ2n) is 10.7. The lowest BCUT2D eigenvalue weighted by atomic mass is 9.79. The number of carbonyl (C=O) groups excluding carboxylic acids is 1. The third-order valence-electron chi connectivity index (χ3n) is 5.67. The number of phenols is 1. The van der Waals surface area contributed by atoms with Crippen molar-refractivity contribution in [3.05, 3.63) is 47.0 Å². The van der Waals surface area contributed by atoms with Crippen LogP contribution in [0.3, 0.4) is 0 Å². The maximum absolute atomic E-state index is 11.5. The number of benzene rings is 2. The number of fused-ring (bicyclic) bond motifs is 1. The zero-order valence-electron chi connectivity index (χ0n) is 21.0. The van der Waals surface area contributed by atoms with Crippen LogP contribution in [0.15, 0.2) is 40.4 Å². The van der Waals surface area contributed by atoms with Crippen molar-refractivity contribution in [2.45, 2.75) is 83.0 Å². The average molecular weight is 485 g/mol. The van der Waals surface area contributed by atoms with Crippen LogP contribution in [0, 0.1) is 0 Å².